The van der Waals surface area contributed by atoms with Crippen LogP contribution in [0, 0.1) is 5.92 Å². The van der Waals surface area contributed by atoms with Crippen LogP contribution in [0.1, 0.15) is 58.3 Å². The average Bonchev–Trinajstić information content (AvgIpc) is 2.46. The zero-order valence-electron chi connectivity index (χ0n) is 10.3. The Labute approximate surface area is 104 Å². The maximum absolute atomic E-state index is 11.8. The summed E-state index contributed by atoms with van der Waals surface area (Å²) in [5, 5.41) is 3.03. The highest BCUT2D eigenvalue weighted by atomic mass is 35.5. The molecule has 1 atom stereocenters. The second kappa shape index (κ2) is 7.94. The number of nitrogens with one attached hydrogen (secondary N) is 1. The van der Waals surface area contributed by atoms with Crippen molar-refractivity contribution < 1.29 is 4.79 Å². The van der Waals surface area contributed by atoms with E-state index in [0.29, 0.717) is 18.2 Å². The molecule has 1 rings (SSSR count). The lowest BCUT2D eigenvalue weighted by Crippen LogP contribution is -2.33. The van der Waals surface area contributed by atoms with Gasteiger partial charge in [-0.25, -0.2) is 0 Å². The smallest absolute Gasteiger partial charge is 0.220 e. The molecule has 0 aromatic heterocycles. The number of rotatable bonds is 5. The van der Waals surface area contributed by atoms with Crippen molar-refractivity contribution in [3.8, 4) is 0 Å². The first-order chi connectivity index (χ1) is 7.72. The third-order valence-electron chi connectivity index (χ3n) is 3.40. The van der Waals surface area contributed by atoms with Crippen LogP contribution in [0.2, 0.25) is 0 Å². The van der Waals surface area contributed by atoms with Crippen molar-refractivity contribution >= 4 is 17.5 Å². The molecule has 1 N–H and O–H groups in total. The lowest BCUT2D eigenvalue weighted by atomic mass is 9.96. The van der Waals surface area contributed by atoms with E-state index >= 15 is 0 Å². The van der Waals surface area contributed by atoms with Gasteiger partial charge < -0.3 is 5.32 Å². The van der Waals surface area contributed by atoms with Gasteiger partial charge in [0, 0.05) is 18.3 Å². The molecule has 0 saturated heterocycles. The second-order valence-electron chi connectivity index (χ2n) is 5.01. The Morgan fingerprint density at radius 2 is 1.94 bits per heavy atom. The van der Waals surface area contributed by atoms with E-state index in [1.165, 1.54) is 38.5 Å². The van der Waals surface area contributed by atoms with Crippen LogP contribution in [0.3, 0.4) is 0 Å². The van der Waals surface area contributed by atoms with Gasteiger partial charge in [0.2, 0.25) is 5.91 Å². The van der Waals surface area contributed by atoms with Crippen LogP contribution in [0.15, 0.2) is 0 Å². The van der Waals surface area contributed by atoms with Crippen LogP contribution in [-0.2, 0) is 4.79 Å². The molecule has 0 aromatic carbocycles. The van der Waals surface area contributed by atoms with E-state index in [0.717, 1.165) is 6.42 Å². The Balaban J connectivity index is 2.21. The summed E-state index contributed by atoms with van der Waals surface area (Å²) in [6, 6.07) is 0.218. The van der Waals surface area contributed by atoms with E-state index < -0.39 is 0 Å². The molecule has 1 saturated carbocycles. The Morgan fingerprint density at radius 1 is 1.31 bits per heavy atom. The Bertz CT molecular complexity index is 200. The van der Waals surface area contributed by atoms with Gasteiger partial charge in [-0.05, 0) is 32.1 Å². The summed E-state index contributed by atoms with van der Waals surface area (Å²) >= 11 is 5.64. The van der Waals surface area contributed by atoms with Crippen LogP contribution in [0.4, 0.5) is 0 Å². The molecular weight excluding hydrogens is 222 g/mol. The minimum atomic E-state index is 0.213. The van der Waals surface area contributed by atoms with Gasteiger partial charge in [0.25, 0.3) is 0 Å². The van der Waals surface area contributed by atoms with E-state index in [1.54, 1.807) is 0 Å². The molecular formula is C13H24ClNO. The zero-order valence-corrected chi connectivity index (χ0v) is 11.1. The third-order valence-corrected chi connectivity index (χ3v) is 3.62. The number of hydrogen-bond acceptors (Lipinski definition) is 1. The second-order valence-corrected chi connectivity index (χ2v) is 5.39. The molecule has 1 amide bonds. The quantitative estimate of drug-likeness (QED) is 0.583. The number of carbonyl (C=O) groups is 1. The summed E-state index contributed by atoms with van der Waals surface area (Å²) < 4.78 is 0. The molecule has 3 heteroatoms. The first-order valence-corrected chi connectivity index (χ1v) is 7.11. The van der Waals surface area contributed by atoms with Crippen LogP contribution in [0.25, 0.3) is 0 Å². The highest BCUT2D eigenvalue weighted by molar-refractivity contribution is 6.17. The molecule has 2 nitrogen and oxygen atoms in total. The number of carbonyl (C=O) groups excluding carboxylic acids is 1. The molecule has 0 spiro atoms. The first-order valence-electron chi connectivity index (χ1n) is 6.57. The number of halogens is 1. The molecule has 0 bridgehead atoms. The Hall–Kier alpha value is -0.240. The van der Waals surface area contributed by atoms with Crippen LogP contribution in [-0.4, -0.2) is 17.8 Å². The monoisotopic (exact) mass is 245 g/mol. The zero-order chi connectivity index (χ0) is 11.8. The van der Waals surface area contributed by atoms with Crippen molar-refractivity contribution in [2.45, 2.75) is 64.3 Å². The summed E-state index contributed by atoms with van der Waals surface area (Å²) in [6.45, 7) is 2.02. The van der Waals surface area contributed by atoms with Gasteiger partial charge in [0.1, 0.15) is 0 Å². The van der Waals surface area contributed by atoms with E-state index in [2.05, 4.69) is 5.32 Å². The molecule has 0 radical (unpaired) electrons. The molecule has 16 heavy (non-hydrogen) atoms. The minimum Gasteiger partial charge on any atom is -0.354 e. The molecule has 0 aromatic rings. The molecule has 1 unspecified atom stereocenters. The average molecular weight is 246 g/mol. The summed E-state index contributed by atoms with van der Waals surface area (Å²) in [7, 11) is 0. The van der Waals surface area contributed by atoms with Crippen LogP contribution in [0.5, 0.6) is 0 Å². The molecule has 1 aliphatic rings. The van der Waals surface area contributed by atoms with Crippen molar-refractivity contribution in [3.63, 3.8) is 0 Å². The lowest BCUT2D eigenvalue weighted by molar-refractivity contribution is -0.122. The van der Waals surface area contributed by atoms with Crippen molar-refractivity contribution in [1.29, 1.82) is 0 Å². The number of alkyl halides is 1. The first kappa shape index (κ1) is 13.8. The third kappa shape index (κ3) is 5.74. The predicted octanol–water partition coefficient (Wildman–Crippen LogP) is 3.48. The normalized spacial score (nSPS) is 20.1. The van der Waals surface area contributed by atoms with Gasteiger partial charge >= 0.3 is 0 Å². The predicted molar refractivity (Wildman–Crippen MR) is 68.8 cm³/mol. The minimum absolute atomic E-state index is 0.213. The fraction of sp³-hybridized carbons (Fsp3) is 0.923. The Kier molecular flexibility index (Phi) is 6.86. The maximum Gasteiger partial charge on any atom is 0.220 e. The van der Waals surface area contributed by atoms with Crippen molar-refractivity contribution in [1.82, 2.24) is 5.32 Å². The largest absolute Gasteiger partial charge is 0.354 e. The van der Waals surface area contributed by atoms with Gasteiger partial charge in [0.05, 0.1) is 0 Å². The maximum atomic E-state index is 11.8. The summed E-state index contributed by atoms with van der Waals surface area (Å²) in [4.78, 5) is 11.8. The molecule has 0 aliphatic heterocycles. The van der Waals surface area contributed by atoms with Gasteiger partial charge in [-0.15, -0.1) is 11.6 Å². The van der Waals surface area contributed by atoms with Crippen molar-refractivity contribution in [2.24, 2.45) is 5.92 Å². The SMILES string of the molecule is CC(CCCl)NC(=O)CC1CCCCCC1. The van der Waals surface area contributed by atoms with E-state index in [1.807, 2.05) is 6.92 Å². The van der Waals surface area contributed by atoms with Gasteiger partial charge in [-0.1, -0.05) is 25.7 Å². The topological polar surface area (TPSA) is 29.1 Å². The van der Waals surface area contributed by atoms with E-state index in [-0.39, 0.29) is 11.9 Å². The van der Waals surface area contributed by atoms with Crippen LogP contribution >= 0.6 is 11.6 Å². The highest BCUT2D eigenvalue weighted by Gasteiger charge is 2.16. The van der Waals surface area contributed by atoms with Gasteiger partial charge in [-0.2, -0.15) is 0 Å². The Morgan fingerprint density at radius 3 is 2.50 bits per heavy atom. The fourth-order valence-corrected chi connectivity index (χ4v) is 2.73. The molecule has 1 fully saturated rings. The summed E-state index contributed by atoms with van der Waals surface area (Å²) in [5.41, 5.74) is 0. The molecule has 0 heterocycles. The lowest BCUT2D eigenvalue weighted by Gasteiger charge is -2.16. The molecule has 1 aliphatic carbocycles. The van der Waals surface area contributed by atoms with Gasteiger partial charge in [-0.3, -0.25) is 4.79 Å². The van der Waals surface area contributed by atoms with Crippen molar-refractivity contribution in [3.05, 3.63) is 0 Å². The summed E-state index contributed by atoms with van der Waals surface area (Å²) in [6.07, 6.45) is 9.34. The summed E-state index contributed by atoms with van der Waals surface area (Å²) in [5.74, 6) is 1.44. The van der Waals surface area contributed by atoms with Gasteiger partial charge in [0.15, 0.2) is 0 Å². The number of amides is 1. The van der Waals surface area contributed by atoms with Crippen molar-refractivity contribution in [2.75, 3.05) is 5.88 Å². The molecule has 94 valence electrons. The van der Waals surface area contributed by atoms with Crippen LogP contribution < -0.4 is 5.32 Å². The number of hydrogen-bond donors (Lipinski definition) is 1. The van der Waals surface area contributed by atoms with E-state index in [9.17, 15) is 4.79 Å². The standard InChI is InChI=1S/C13H24ClNO/c1-11(8-9-14)15-13(16)10-12-6-4-2-3-5-7-12/h11-12H,2-10H2,1H3,(H,15,16). The highest BCUT2D eigenvalue weighted by Crippen LogP contribution is 2.25. The van der Waals surface area contributed by atoms with E-state index in [4.69, 9.17) is 11.6 Å². The fourth-order valence-electron chi connectivity index (χ4n) is 2.40.